The number of aromatic nitrogens is 1. The molecular formula is C6H4NOSSi. The van der Waals surface area contributed by atoms with Gasteiger partial charge in [-0.05, 0) is 24.4 Å². The van der Waals surface area contributed by atoms with Gasteiger partial charge in [0.15, 0.2) is 5.05 Å². The Morgan fingerprint density at radius 3 is 3.00 bits per heavy atom. The number of nitrogens with zero attached hydrogens (tertiary/aromatic N) is 1. The minimum absolute atomic E-state index is 0.393. The summed E-state index contributed by atoms with van der Waals surface area (Å²) in [6.07, 6.45) is 3.32. The van der Waals surface area contributed by atoms with Crippen molar-refractivity contribution in [2.45, 2.75) is 0 Å². The molecule has 10 heavy (non-hydrogen) atoms. The van der Waals surface area contributed by atoms with E-state index in [-0.39, 0.29) is 0 Å². The fraction of sp³-hybridized carbons (Fsp3) is 0. The lowest BCUT2D eigenvalue weighted by atomic mass is 10.3. The molecule has 1 rings (SSSR count). The normalized spacial score (nSPS) is 8.90. The van der Waals surface area contributed by atoms with Crippen LogP contribution in [0.5, 0.6) is 0 Å². The highest BCUT2D eigenvalue weighted by molar-refractivity contribution is 7.80. The molecular weight excluding hydrogens is 162 g/mol. The molecule has 0 saturated carbocycles. The highest BCUT2D eigenvalue weighted by Crippen LogP contribution is 1.97. The lowest BCUT2D eigenvalue weighted by molar-refractivity contribution is 0.631. The van der Waals surface area contributed by atoms with Crippen LogP contribution in [-0.4, -0.2) is 20.5 Å². The van der Waals surface area contributed by atoms with Gasteiger partial charge in [0, 0.05) is 18.0 Å². The third-order valence-corrected chi connectivity index (χ3v) is 1.66. The summed E-state index contributed by atoms with van der Waals surface area (Å²) in [6.45, 7) is 0. The second-order valence-corrected chi connectivity index (χ2v) is 2.21. The molecule has 0 amide bonds. The quantitative estimate of drug-likeness (QED) is 0.456. The van der Waals surface area contributed by atoms with Gasteiger partial charge in [0.1, 0.15) is 0 Å². The van der Waals surface area contributed by atoms with Crippen molar-refractivity contribution < 1.29 is 4.43 Å². The molecule has 3 radical (unpaired) electrons. The molecule has 0 bridgehead atoms. The van der Waals surface area contributed by atoms with Gasteiger partial charge in [-0.2, -0.15) is 0 Å². The van der Waals surface area contributed by atoms with E-state index in [9.17, 15) is 0 Å². The van der Waals surface area contributed by atoms with Crippen molar-refractivity contribution >= 4 is 27.8 Å². The Hall–Kier alpha value is -0.743. The van der Waals surface area contributed by atoms with E-state index in [2.05, 4.69) is 19.9 Å². The Balaban J connectivity index is 2.85. The first-order valence-corrected chi connectivity index (χ1v) is 3.44. The minimum Gasteiger partial charge on any atom is -0.533 e. The van der Waals surface area contributed by atoms with Crippen LogP contribution in [0.4, 0.5) is 0 Å². The van der Waals surface area contributed by atoms with Crippen LogP contribution in [0.3, 0.4) is 0 Å². The minimum atomic E-state index is 0.393. The van der Waals surface area contributed by atoms with Crippen LogP contribution in [0, 0.1) is 0 Å². The molecule has 0 atom stereocenters. The lowest BCUT2D eigenvalue weighted by Gasteiger charge is -1.98. The third-order valence-electron chi connectivity index (χ3n) is 0.990. The molecule has 0 saturated heterocycles. The van der Waals surface area contributed by atoms with Crippen LogP contribution in [0.1, 0.15) is 5.56 Å². The van der Waals surface area contributed by atoms with Gasteiger partial charge in [-0.1, -0.05) is 0 Å². The highest BCUT2D eigenvalue weighted by atomic mass is 32.1. The van der Waals surface area contributed by atoms with Gasteiger partial charge in [0.2, 0.25) is 0 Å². The van der Waals surface area contributed by atoms with E-state index in [1.807, 2.05) is 6.07 Å². The van der Waals surface area contributed by atoms with E-state index in [4.69, 9.17) is 12.2 Å². The fourth-order valence-corrected chi connectivity index (χ4v) is 0.781. The first-order valence-electron chi connectivity index (χ1n) is 2.62. The van der Waals surface area contributed by atoms with Gasteiger partial charge in [0.05, 0.1) is 0 Å². The molecule has 0 aliphatic carbocycles. The average molecular weight is 166 g/mol. The Labute approximate surface area is 67.8 Å². The van der Waals surface area contributed by atoms with Gasteiger partial charge in [-0.3, -0.25) is 4.98 Å². The van der Waals surface area contributed by atoms with Crippen molar-refractivity contribution in [2.24, 2.45) is 0 Å². The van der Waals surface area contributed by atoms with Crippen molar-refractivity contribution in [3.05, 3.63) is 30.1 Å². The summed E-state index contributed by atoms with van der Waals surface area (Å²) >= 11 is 4.81. The van der Waals surface area contributed by atoms with Crippen molar-refractivity contribution in [2.75, 3.05) is 0 Å². The molecule has 0 aromatic carbocycles. The zero-order valence-corrected chi connectivity index (χ0v) is 6.89. The standard InChI is InChI=1S/C6H4NOSSi/c9-6(8-10)5-2-1-3-7-4-5/h1-4H. The Morgan fingerprint density at radius 1 is 1.70 bits per heavy atom. The Kier molecular flexibility index (Phi) is 2.53. The summed E-state index contributed by atoms with van der Waals surface area (Å²) in [5, 5.41) is 0.393. The molecule has 2 nitrogen and oxygen atoms in total. The fourth-order valence-electron chi connectivity index (χ4n) is 0.542. The zero-order chi connectivity index (χ0) is 7.40. The Bertz CT molecular complexity index is 226. The van der Waals surface area contributed by atoms with Crippen LogP contribution >= 0.6 is 12.2 Å². The van der Waals surface area contributed by atoms with E-state index >= 15 is 0 Å². The first-order chi connectivity index (χ1) is 4.84. The maximum absolute atomic E-state index is 4.81. The third kappa shape index (κ3) is 1.62. The van der Waals surface area contributed by atoms with E-state index in [0.29, 0.717) is 5.05 Å². The maximum Gasteiger partial charge on any atom is 0.342 e. The van der Waals surface area contributed by atoms with Crippen molar-refractivity contribution in [1.29, 1.82) is 0 Å². The number of pyridine rings is 1. The molecule has 0 fully saturated rings. The molecule has 49 valence electrons. The van der Waals surface area contributed by atoms with Crippen LogP contribution < -0.4 is 0 Å². The van der Waals surface area contributed by atoms with Crippen LogP contribution in [0.2, 0.25) is 0 Å². The van der Waals surface area contributed by atoms with Gasteiger partial charge in [-0.15, -0.1) is 0 Å². The number of hydrogen-bond acceptors (Lipinski definition) is 3. The second kappa shape index (κ2) is 3.43. The molecule has 0 unspecified atom stereocenters. The van der Waals surface area contributed by atoms with Crippen LogP contribution in [0.15, 0.2) is 24.5 Å². The van der Waals surface area contributed by atoms with E-state index in [1.54, 1.807) is 18.5 Å². The van der Waals surface area contributed by atoms with E-state index in [0.717, 1.165) is 5.56 Å². The molecule has 4 heteroatoms. The molecule has 1 aromatic heterocycles. The van der Waals surface area contributed by atoms with Crippen LogP contribution in [-0.2, 0) is 4.43 Å². The highest BCUT2D eigenvalue weighted by Gasteiger charge is 1.96. The largest absolute Gasteiger partial charge is 0.533 e. The summed E-state index contributed by atoms with van der Waals surface area (Å²) in [5.74, 6) is 0. The summed E-state index contributed by atoms with van der Waals surface area (Å²) in [7, 11) is 2.83. The predicted octanol–water partition coefficient (Wildman–Crippen LogP) is 0.857. The monoisotopic (exact) mass is 166 g/mol. The Morgan fingerprint density at radius 2 is 2.50 bits per heavy atom. The van der Waals surface area contributed by atoms with Crippen molar-refractivity contribution in [1.82, 2.24) is 4.98 Å². The lowest BCUT2D eigenvalue weighted by Crippen LogP contribution is -1.99. The molecule has 0 aliphatic heterocycles. The summed E-state index contributed by atoms with van der Waals surface area (Å²) in [6, 6.07) is 3.63. The summed E-state index contributed by atoms with van der Waals surface area (Å²) in [4.78, 5) is 3.86. The molecule has 0 N–H and O–H groups in total. The average Bonchev–Trinajstić information content (AvgIpc) is 2.05. The van der Waals surface area contributed by atoms with Crippen molar-refractivity contribution in [3.8, 4) is 0 Å². The van der Waals surface area contributed by atoms with E-state index < -0.39 is 0 Å². The molecule has 1 aromatic rings. The topological polar surface area (TPSA) is 22.1 Å². The SMILES string of the molecule is [Si]OC(=S)c1cccnc1. The molecule has 0 spiro atoms. The van der Waals surface area contributed by atoms with Gasteiger partial charge < -0.3 is 4.43 Å². The smallest absolute Gasteiger partial charge is 0.342 e. The number of thiocarbonyl (C=S) groups is 1. The van der Waals surface area contributed by atoms with E-state index in [1.165, 1.54) is 0 Å². The van der Waals surface area contributed by atoms with Crippen molar-refractivity contribution in [3.63, 3.8) is 0 Å². The summed E-state index contributed by atoms with van der Waals surface area (Å²) in [5.41, 5.74) is 0.799. The van der Waals surface area contributed by atoms with Gasteiger partial charge >= 0.3 is 10.5 Å². The first kappa shape index (κ1) is 7.36. The maximum atomic E-state index is 4.81. The van der Waals surface area contributed by atoms with Gasteiger partial charge in [0.25, 0.3) is 0 Å². The number of rotatable bonds is 1. The molecule has 0 aliphatic rings. The summed E-state index contributed by atoms with van der Waals surface area (Å²) < 4.78 is 4.63. The van der Waals surface area contributed by atoms with Crippen LogP contribution in [0.25, 0.3) is 0 Å². The predicted molar refractivity (Wildman–Crippen MR) is 42.8 cm³/mol. The van der Waals surface area contributed by atoms with Gasteiger partial charge in [-0.25, -0.2) is 0 Å². The zero-order valence-electron chi connectivity index (χ0n) is 5.07. The molecule has 1 heterocycles. The number of hydrogen-bond donors (Lipinski definition) is 0. The second-order valence-electron chi connectivity index (χ2n) is 1.63.